The van der Waals surface area contributed by atoms with Gasteiger partial charge in [0, 0.05) is 23.7 Å². The standard InChI is InChI=1S/C24H21NO2/c1-18-10-8-9-15-21(18)17-25-22(24(27)20-13-6-3-7-14-20)16-23(26)19-11-4-2-5-12-19/h2-16,25H,17H2,1H3/b22-16+. The molecule has 0 fully saturated rings. The number of carbonyl (C=O) groups is 2. The maximum Gasteiger partial charge on any atom is 0.208 e. The van der Waals surface area contributed by atoms with Crippen LogP contribution in [0.5, 0.6) is 0 Å². The molecule has 0 heterocycles. The molecule has 0 amide bonds. The maximum atomic E-state index is 12.9. The Morgan fingerprint density at radius 2 is 1.33 bits per heavy atom. The number of ketones is 2. The van der Waals surface area contributed by atoms with Gasteiger partial charge in [-0.3, -0.25) is 9.59 Å². The highest BCUT2D eigenvalue weighted by atomic mass is 16.1. The fourth-order valence-corrected chi connectivity index (χ4v) is 2.76. The topological polar surface area (TPSA) is 46.2 Å². The number of Topliss-reactive ketones (excluding diaryl/α,β-unsaturated/α-hetero) is 1. The molecule has 0 aliphatic heterocycles. The highest BCUT2D eigenvalue weighted by Gasteiger charge is 2.15. The van der Waals surface area contributed by atoms with Gasteiger partial charge in [0.1, 0.15) is 0 Å². The van der Waals surface area contributed by atoms with Crippen LogP contribution in [0.1, 0.15) is 31.8 Å². The summed E-state index contributed by atoms with van der Waals surface area (Å²) < 4.78 is 0. The third-order valence-corrected chi connectivity index (χ3v) is 4.34. The van der Waals surface area contributed by atoms with E-state index in [0.29, 0.717) is 23.4 Å². The van der Waals surface area contributed by atoms with Crippen LogP contribution in [0.3, 0.4) is 0 Å². The molecule has 1 N–H and O–H groups in total. The molecule has 0 spiro atoms. The van der Waals surface area contributed by atoms with Crippen molar-refractivity contribution in [2.75, 3.05) is 0 Å². The highest BCUT2D eigenvalue weighted by molar-refractivity contribution is 6.14. The van der Waals surface area contributed by atoms with Crippen LogP contribution in [0, 0.1) is 6.92 Å². The molecule has 0 saturated carbocycles. The molecule has 3 rings (SSSR count). The Kier molecular flexibility index (Phi) is 5.95. The zero-order valence-electron chi connectivity index (χ0n) is 15.2. The monoisotopic (exact) mass is 355 g/mol. The van der Waals surface area contributed by atoms with Crippen molar-refractivity contribution in [3.05, 3.63) is 119 Å². The minimum Gasteiger partial charge on any atom is -0.378 e. The molecular weight excluding hydrogens is 334 g/mol. The Morgan fingerprint density at radius 3 is 1.96 bits per heavy atom. The number of benzene rings is 3. The van der Waals surface area contributed by atoms with E-state index in [1.807, 2.05) is 55.5 Å². The molecule has 0 saturated heterocycles. The molecule has 27 heavy (non-hydrogen) atoms. The van der Waals surface area contributed by atoms with Gasteiger partial charge >= 0.3 is 0 Å². The van der Waals surface area contributed by atoms with E-state index in [2.05, 4.69) is 5.32 Å². The lowest BCUT2D eigenvalue weighted by Crippen LogP contribution is -2.22. The number of rotatable bonds is 7. The van der Waals surface area contributed by atoms with Crippen LogP contribution < -0.4 is 5.32 Å². The third kappa shape index (κ3) is 4.79. The second kappa shape index (κ2) is 8.77. The summed E-state index contributed by atoms with van der Waals surface area (Å²) >= 11 is 0. The van der Waals surface area contributed by atoms with Gasteiger partial charge in [-0.25, -0.2) is 0 Å². The van der Waals surface area contributed by atoms with E-state index in [4.69, 9.17) is 0 Å². The average Bonchev–Trinajstić information content (AvgIpc) is 2.72. The predicted molar refractivity (Wildman–Crippen MR) is 108 cm³/mol. The first-order valence-corrected chi connectivity index (χ1v) is 8.84. The highest BCUT2D eigenvalue weighted by Crippen LogP contribution is 2.12. The molecule has 0 aliphatic rings. The van der Waals surface area contributed by atoms with Gasteiger partial charge in [-0.1, -0.05) is 84.9 Å². The summed E-state index contributed by atoms with van der Waals surface area (Å²) in [5, 5.41) is 3.17. The summed E-state index contributed by atoms with van der Waals surface area (Å²) in [5.74, 6) is -0.402. The quantitative estimate of drug-likeness (QED) is 0.492. The molecule has 0 radical (unpaired) electrons. The summed E-state index contributed by atoms with van der Waals surface area (Å²) in [7, 11) is 0. The zero-order chi connectivity index (χ0) is 19.1. The molecule has 3 nitrogen and oxygen atoms in total. The Bertz CT molecular complexity index is 960. The lowest BCUT2D eigenvalue weighted by atomic mass is 10.0. The molecule has 3 heteroatoms. The molecule has 0 aliphatic carbocycles. The Hall–Kier alpha value is -3.46. The van der Waals surface area contributed by atoms with Crippen LogP contribution in [-0.4, -0.2) is 11.6 Å². The van der Waals surface area contributed by atoms with Crippen LogP contribution in [0.2, 0.25) is 0 Å². The van der Waals surface area contributed by atoms with Crippen molar-refractivity contribution in [3.63, 3.8) is 0 Å². The van der Waals surface area contributed by atoms with Crippen molar-refractivity contribution in [1.82, 2.24) is 5.32 Å². The fourth-order valence-electron chi connectivity index (χ4n) is 2.76. The van der Waals surface area contributed by atoms with E-state index in [1.54, 1.807) is 36.4 Å². The zero-order valence-corrected chi connectivity index (χ0v) is 15.2. The largest absolute Gasteiger partial charge is 0.378 e. The van der Waals surface area contributed by atoms with Crippen molar-refractivity contribution in [2.45, 2.75) is 13.5 Å². The molecule has 3 aromatic rings. The summed E-state index contributed by atoms with van der Waals surface area (Å²) in [5.41, 5.74) is 3.59. The minimum atomic E-state index is -0.202. The number of nitrogens with one attached hydrogen (secondary N) is 1. The van der Waals surface area contributed by atoms with Crippen molar-refractivity contribution in [3.8, 4) is 0 Å². The van der Waals surface area contributed by atoms with E-state index < -0.39 is 0 Å². The van der Waals surface area contributed by atoms with Gasteiger partial charge in [0.2, 0.25) is 5.78 Å². The summed E-state index contributed by atoms with van der Waals surface area (Å²) in [4.78, 5) is 25.5. The van der Waals surface area contributed by atoms with Crippen molar-refractivity contribution < 1.29 is 9.59 Å². The number of allylic oxidation sites excluding steroid dienone is 2. The second-order valence-electron chi connectivity index (χ2n) is 6.26. The van der Waals surface area contributed by atoms with Gasteiger partial charge in [-0.2, -0.15) is 0 Å². The molecular formula is C24H21NO2. The summed E-state index contributed by atoms with van der Waals surface area (Å²) in [6.07, 6.45) is 1.39. The van der Waals surface area contributed by atoms with E-state index in [-0.39, 0.29) is 11.6 Å². The van der Waals surface area contributed by atoms with Gasteiger partial charge < -0.3 is 5.32 Å². The van der Waals surface area contributed by atoms with Crippen LogP contribution in [0.25, 0.3) is 0 Å². The SMILES string of the molecule is Cc1ccccc1CN/C(=C/C(=O)c1ccccc1)C(=O)c1ccccc1. The fraction of sp³-hybridized carbons (Fsp3) is 0.0833. The van der Waals surface area contributed by atoms with Crippen LogP contribution in [0.4, 0.5) is 0 Å². The van der Waals surface area contributed by atoms with Gasteiger partial charge in [-0.05, 0) is 18.1 Å². The van der Waals surface area contributed by atoms with E-state index in [9.17, 15) is 9.59 Å². The average molecular weight is 355 g/mol. The normalized spacial score (nSPS) is 11.1. The van der Waals surface area contributed by atoms with E-state index in [0.717, 1.165) is 11.1 Å². The molecule has 0 unspecified atom stereocenters. The van der Waals surface area contributed by atoms with E-state index >= 15 is 0 Å². The first-order valence-electron chi connectivity index (χ1n) is 8.84. The smallest absolute Gasteiger partial charge is 0.208 e. The predicted octanol–water partition coefficient (Wildman–Crippen LogP) is 4.73. The molecule has 0 atom stereocenters. The summed E-state index contributed by atoms with van der Waals surface area (Å²) in [6.45, 7) is 2.49. The number of hydrogen-bond donors (Lipinski definition) is 1. The maximum absolute atomic E-state index is 12.9. The van der Waals surface area contributed by atoms with Crippen LogP contribution in [-0.2, 0) is 6.54 Å². The summed E-state index contributed by atoms with van der Waals surface area (Å²) in [6, 6.07) is 25.9. The second-order valence-corrected chi connectivity index (χ2v) is 6.26. The lowest BCUT2D eigenvalue weighted by Gasteiger charge is -2.12. The first kappa shape index (κ1) is 18.3. The van der Waals surface area contributed by atoms with E-state index in [1.165, 1.54) is 6.08 Å². The number of hydrogen-bond acceptors (Lipinski definition) is 3. The molecule has 134 valence electrons. The third-order valence-electron chi connectivity index (χ3n) is 4.34. The van der Waals surface area contributed by atoms with Gasteiger partial charge in [0.25, 0.3) is 0 Å². The molecule has 3 aromatic carbocycles. The van der Waals surface area contributed by atoms with Gasteiger partial charge in [-0.15, -0.1) is 0 Å². The van der Waals surface area contributed by atoms with Crippen molar-refractivity contribution in [2.24, 2.45) is 0 Å². The Labute approximate surface area is 159 Å². The Morgan fingerprint density at radius 1 is 0.778 bits per heavy atom. The van der Waals surface area contributed by atoms with Crippen molar-refractivity contribution in [1.29, 1.82) is 0 Å². The lowest BCUT2D eigenvalue weighted by molar-refractivity contribution is 0.100. The first-order chi connectivity index (χ1) is 13.1. The number of aryl methyl sites for hydroxylation is 1. The van der Waals surface area contributed by atoms with Crippen molar-refractivity contribution >= 4 is 11.6 Å². The molecule has 0 aromatic heterocycles. The van der Waals surface area contributed by atoms with Crippen LogP contribution >= 0.6 is 0 Å². The number of carbonyl (C=O) groups excluding carboxylic acids is 2. The molecule has 0 bridgehead atoms. The van der Waals surface area contributed by atoms with Crippen LogP contribution in [0.15, 0.2) is 96.7 Å². The van der Waals surface area contributed by atoms with Gasteiger partial charge in [0.15, 0.2) is 5.78 Å². The van der Waals surface area contributed by atoms with Gasteiger partial charge in [0.05, 0.1) is 5.70 Å². The minimum absolute atomic E-state index is 0.200. The Balaban J connectivity index is 1.89.